The van der Waals surface area contributed by atoms with Crippen LogP contribution in [0.3, 0.4) is 0 Å². The van der Waals surface area contributed by atoms with Crippen LogP contribution in [0.5, 0.6) is 0 Å². The molecule has 2 N–H and O–H groups in total. The molecule has 2 aromatic carbocycles. The number of rotatable bonds is 6. The number of hydrogen-bond acceptors (Lipinski definition) is 5. The van der Waals surface area contributed by atoms with Gasteiger partial charge in [0, 0.05) is 51.2 Å². The number of carbonyl (C=O) groups excluding carboxylic acids is 2. The summed E-state index contributed by atoms with van der Waals surface area (Å²) in [5.74, 6) is -0.996. The average Bonchev–Trinajstić information content (AvgIpc) is 3.18. The van der Waals surface area contributed by atoms with E-state index in [1.165, 1.54) is 4.31 Å². The lowest BCUT2D eigenvalue weighted by molar-refractivity contribution is -0.117. The molecule has 1 aromatic heterocycles. The van der Waals surface area contributed by atoms with Crippen LogP contribution in [-0.2, 0) is 27.6 Å². The van der Waals surface area contributed by atoms with Gasteiger partial charge >= 0.3 is 10.2 Å². The third-order valence-corrected chi connectivity index (χ3v) is 9.01. The number of piperidine rings is 1. The predicted molar refractivity (Wildman–Crippen MR) is 146 cm³/mol. The van der Waals surface area contributed by atoms with Crippen molar-refractivity contribution < 1.29 is 18.0 Å². The zero-order valence-electron chi connectivity index (χ0n) is 20.6. The Balaban J connectivity index is 1.71. The van der Waals surface area contributed by atoms with Gasteiger partial charge in [0.25, 0.3) is 5.91 Å². The monoisotopic (exact) mass is 563 g/mol. The number of nitrogens with one attached hydrogen (secondary N) is 2. The van der Waals surface area contributed by atoms with Crippen molar-refractivity contribution in [1.29, 1.82) is 0 Å². The van der Waals surface area contributed by atoms with E-state index in [-0.39, 0.29) is 19.0 Å². The zero-order chi connectivity index (χ0) is 27.0. The highest BCUT2D eigenvalue weighted by Crippen LogP contribution is 2.36. The second kappa shape index (κ2) is 10.4. The Labute approximate surface area is 225 Å². The van der Waals surface area contributed by atoms with Crippen molar-refractivity contribution in [2.75, 3.05) is 20.1 Å². The Kier molecular flexibility index (Phi) is 7.66. The largest absolute Gasteiger partial charge is 0.341 e. The minimum Gasteiger partial charge on any atom is -0.341 e. The van der Waals surface area contributed by atoms with Crippen molar-refractivity contribution in [2.45, 2.75) is 25.3 Å². The molecule has 0 saturated carbocycles. The van der Waals surface area contributed by atoms with E-state index >= 15 is 0 Å². The maximum absolute atomic E-state index is 13.7. The molecule has 12 heteroatoms. The van der Waals surface area contributed by atoms with Crippen LogP contribution in [-0.4, -0.2) is 55.5 Å². The van der Waals surface area contributed by atoms with Gasteiger partial charge in [0.05, 0.1) is 15.6 Å². The third-order valence-electron chi connectivity index (χ3n) is 6.60. The SMILES string of the molecule is C/N=C/c1cccc(C2(NC(=O)c3cc4c(Cl)c(Cl)ccc4n3C)CCN(S(=O)(=O)NC(C)=O)CC2)c1. The molecule has 0 radical (unpaired) electrons. The van der Waals surface area contributed by atoms with Crippen molar-refractivity contribution in [2.24, 2.45) is 12.0 Å². The molecule has 0 unspecified atom stereocenters. The average molecular weight is 564 g/mol. The lowest BCUT2D eigenvalue weighted by Crippen LogP contribution is -2.56. The van der Waals surface area contributed by atoms with Crippen LogP contribution in [0.15, 0.2) is 47.5 Å². The summed E-state index contributed by atoms with van der Waals surface area (Å²) in [4.78, 5) is 29.2. The van der Waals surface area contributed by atoms with Crippen molar-refractivity contribution in [3.63, 3.8) is 0 Å². The highest BCUT2D eigenvalue weighted by atomic mass is 35.5. The summed E-state index contributed by atoms with van der Waals surface area (Å²) in [6.45, 7) is 1.35. The first-order valence-electron chi connectivity index (χ1n) is 11.5. The minimum atomic E-state index is -3.98. The molecule has 37 heavy (non-hydrogen) atoms. The van der Waals surface area contributed by atoms with Crippen LogP contribution in [0.2, 0.25) is 10.0 Å². The molecule has 4 rings (SSSR count). The second-order valence-corrected chi connectivity index (χ2v) is 11.4. The standard InChI is InChI=1S/C25H27Cl2N5O4S/c1-16(33)30-37(35,36)32-11-9-25(10-12-32,18-6-4-5-17(13-18)15-28-2)29-24(34)22-14-19-21(31(22)3)8-7-20(26)23(19)27/h4-8,13-15H,9-12H2,1-3H3,(H,29,34)(H,30,33)/b28-15+. The Hall–Kier alpha value is -2.92. The third kappa shape index (κ3) is 5.38. The number of aryl methyl sites for hydroxylation is 1. The van der Waals surface area contributed by atoms with Crippen LogP contribution < -0.4 is 10.0 Å². The van der Waals surface area contributed by atoms with Crippen LogP contribution >= 0.6 is 23.2 Å². The molecule has 3 aromatic rings. The molecule has 1 fully saturated rings. The molecule has 2 heterocycles. The number of fused-ring (bicyclic) bond motifs is 1. The van der Waals surface area contributed by atoms with Gasteiger partial charge in [-0.2, -0.15) is 12.7 Å². The molecular formula is C25H27Cl2N5O4S. The van der Waals surface area contributed by atoms with Gasteiger partial charge < -0.3 is 9.88 Å². The van der Waals surface area contributed by atoms with E-state index in [1.54, 1.807) is 43.1 Å². The molecule has 196 valence electrons. The smallest absolute Gasteiger partial charge is 0.303 e. The van der Waals surface area contributed by atoms with Gasteiger partial charge in [0.1, 0.15) is 5.69 Å². The fourth-order valence-electron chi connectivity index (χ4n) is 4.75. The Morgan fingerprint density at radius 3 is 2.46 bits per heavy atom. The summed E-state index contributed by atoms with van der Waals surface area (Å²) in [6, 6.07) is 12.8. The van der Waals surface area contributed by atoms with Crippen molar-refractivity contribution in [3.8, 4) is 0 Å². The number of benzene rings is 2. The second-order valence-electron chi connectivity index (χ2n) is 8.99. The zero-order valence-corrected chi connectivity index (χ0v) is 22.9. The molecule has 0 bridgehead atoms. The Morgan fingerprint density at radius 2 is 1.81 bits per heavy atom. The topological polar surface area (TPSA) is 113 Å². The first kappa shape index (κ1) is 27.1. The summed E-state index contributed by atoms with van der Waals surface area (Å²) in [7, 11) is -0.530. The van der Waals surface area contributed by atoms with Crippen molar-refractivity contribution in [1.82, 2.24) is 18.9 Å². The molecule has 0 spiro atoms. The van der Waals surface area contributed by atoms with Gasteiger partial charge in [-0.3, -0.25) is 14.6 Å². The predicted octanol–water partition coefficient (Wildman–Crippen LogP) is 3.64. The molecule has 9 nitrogen and oxygen atoms in total. The number of carbonyl (C=O) groups is 2. The molecule has 0 aliphatic carbocycles. The summed E-state index contributed by atoms with van der Waals surface area (Å²) in [6.07, 6.45) is 2.30. The fourth-order valence-corrected chi connectivity index (χ4v) is 6.29. The fraction of sp³-hybridized carbons (Fsp3) is 0.320. The van der Waals surface area contributed by atoms with E-state index in [9.17, 15) is 18.0 Å². The van der Waals surface area contributed by atoms with E-state index in [0.29, 0.717) is 34.0 Å². The lowest BCUT2D eigenvalue weighted by atomic mass is 9.80. The Bertz CT molecular complexity index is 1510. The van der Waals surface area contributed by atoms with E-state index in [4.69, 9.17) is 23.2 Å². The first-order valence-corrected chi connectivity index (χ1v) is 13.7. The molecule has 0 atom stereocenters. The summed E-state index contributed by atoms with van der Waals surface area (Å²) < 4.78 is 30.2. The highest BCUT2D eigenvalue weighted by molar-refractivity contribution is 7.87. The lowest BCUT2D eigenvalue weighted by Gasteiger charge is -2.42. The van der Waals surface area contributed by atoms with E-state index < -0.39 is 21.7 Å². The van der Waals surface area contributed by atoms with Gasteiger partial charge in [-0.15, -0.1) is 0 Å². The number of aromatic nitrogens is 1. The molecule has 2 amide bonds. The molecule has 1 aliphatic heterocycles. The molecule has 1 aliphatic rings. The summed E-state index contributed by atoms with van der Waals surface area (Å²) in [5, 5.41) is 4.62. The van der Waals surface area contributed by atoms with Gasteiger partial charge in [0.15, 0.2) is 0 Å². The maximum atomic E-state index is 13.7. The van der Waals surface area contributed by atoms with Crippen LogP contribution in [0.25, 0.3) is 10.9 Å². The van der Waals surface area contributed by atoms with Gasteiger partial charge in [-0.1, -0.05) is 41.4 Å². The van der Waals surface area contributed by atoms with E-state index in [0.717, 1.165) is 23.6 Å². The number of halogens is 2. The normalized spacial score (nSPS) is 16.2. The van der Waals surface area contributed by atoms with Gasteiger partial charge in [-0.25, -0.2) is 4.72 Å². The number of hydrogen-bond donors (Lipinski definition) is 2. The first-order chi connectivity index (χ1) is 17.5. The van der Waals surface area contributed by atoms with Crippen LogP contribution in [0.4, 0.5) is 0 Å². The van der Waals surface area contributed by atoms with Gasteiger partial charge in [0.2, 0.25) is 5.91 Å². The van der Waals surface area contributed by atoms with E-state index in [1.807, 2.05) is 29.0 Å². The van der Waals surface area contributed by atoms with Crippen molar-refractivity contribution >= 4 is 62.3 Å². The maximum Gasteiger partial charge on any atom is 0.303 e. The highest BCUT2D eigenvalue weighted by Gasteiger charge is 2.41. The van der Waals surface area contributed by atoms with Gasteiger partial charge in [-0.05, 0) is 48.2 Å². The van der Waals surface area contributed by atoms with Crippen LogP contribution in [0, 0.1) is 0 Å². The number of nitrogens with zero attached hydrogens (tertiary/aromatic N) is 3. The quantitative estimate of drug-likeness (QED) is 0.446. The summed E-state index contributed by atoms with van der Waals surface area (Å²) >= 11 is 12.6. The minimum absolute atomic E-state index is 0.103. The van der Waals surface area contributed by atoms with Crippen LogP contribution in [0.1, 0.15) is 41.4 Å². The van der Waals surface area contributed by atoms with E-state index in [2.05, 4.69) is 10.3 Å². The number of amides is 2. The molecule has 1 saturated heterocycles. The Morgan fingerprint density at radius 1 is 1.11 bits per heavy atom. The van der Waals surface area contributed by atoms with Crippen molar-refractivity contribution in [3.05, 3.63) is 69.3 Å². The number of aliphatic imine (C=N–C) groups is 1. The molecular weight excluding hydrogens is 537 g/mol. The summed E-state index contributed by atoms with van der Waals surface area (Å²) in [5.41, 5.74) is 1.96.